The molecule has 0 fully saturated rings. The molecule has 4 aromatic carbocycles. The number of phenolic OH excluding ortho intramolecular Hbond substituents is 2. The standard InChI is InChI=1S/C16H10O5S/c17-12-7-13(18)10-4-5-11-14(22(19,20)21)6-2-8-1-3-9(12)16(10)15(8)11/h1-7,17-18H,(H,19,20,21). The second-order valence-electron chi connectivity index (χ2n) is 5.20. The summed E-state index contributed by atoms with van der Waals surface area (Å²) in [6.07, 6.45) is 0. The molecule has 0 aromatic heterocycles. The minimum Gasteiger partial charge on any atom is -0.507 e. The Bertz CT molecular complexity index is 1140. The molecule has 22 heavy (non-hydrogen) atoms. The lowest BCUT2D eigenvalue weighted by Gasteiger charge is -2.14. The van der Waals surface area contributed by atoms with Gasteiger partial charge in [0.05, 0.1) is 0 Å². The summed E-state index contributed by atoms with van der Waals surface area (Å²) >= 11 is 0. The fourth-order valence-corrected chi connectivity index (χ4v) is 3.75. The molecule has 0 aliphatic heterocycles. The van der Waals surface area contributed by atoms with Gasteiger partial charge in [-0.05, 0) is 29.0 Å². The lowest BCUT2D eigenvalue weighted by Crippen LogP contribution is -1.99. The van der Waals surface area contributed by atoms with Crippen LogP contribution >= 0.6 is 0 Å². The maximum atomic E-state index is 11.6. The largest absolute Gasteiger partial charge is 0.507 e. The van der Waals surface area contributed by atoms with Gasteiger partial charge in [-0.25, -0.2) is 0 Å². The molecule has 0 bridgehead atoms. The van der Waals surface area contributed by atoms with E-state index in [1.807, 2.05) is 0 Å². The van der Waals surface area contributed by atoms with Gasteiger partial charge in [0, 0.05) is 27.6 Å². The highest BCUT2D eigenvalue weighted by molar-refractivity contribution is 7.86. The van der Waals surface area contributed by atoms with Crippen LogP contribution < -0.4 is 0 Å². The van der Waals surface area contributed by atoms with Crippen molar-refractivity contribution in [2.45, 2.75) is 4.90 Å². The van der Waals surface area contributed by atoms with Crippen LogP contribution in [0.4, 0.5) is 0 Å². The third-order valence-electron chi connectivity index (χ3n) is 3.98. The fourth-order valence-electron chi connectivity index (χ4n) is 3.06. The van der Waals surface area contributed by atoms with Gasteiger partial charge in [-0.3, -0.25) is 4.55 Å². The maximum Gasteiger partial charge on any atom is 0.295 e. The zero-order valence-electron chi connectivity index (χ0n) is 11.1. The zero-order chi connectivity index (χ0) is 15.6. The SMILES string of the molecule is O=S(=O)(O)c1ccc2ccc3c(O)cc(O)c4ccc1c2c34. The first-order valence-electron chi connectivity index (χ1n) is 6.48. The Balaban J connectivity index is 2.40. The van der Waals surface area contributed by atoms with E-state index >= 15 is 0 Å². The quantitative estimate of drug-likeness (QED) is 0.370. The van der Waals surface area contributed by atoms with Gasteiger partial charge >= 0.3 is 0 Å². The van der Waals surface area contributed by atoms with E-state index in [9.17, 15) is 23.2 Å². The van der Waals surface area contributed by atoms with Crippen molar-refractivity contribution < 1.29 is 23.2 Å². The number of rotatable bonds is 1. The molecule has 0 saturated carbocycles. The Morgan fingerprint density at radius 2 is 1.27 bits per heavy atom. The predicted octanol–water partition coefficient (Wildman–Crippen LogP) is 3.24. The van der Waals surface area contributed by atoms with Crippen molar-refractivity contribution in [1.29, 1.82) is 0 Å². The molecule has 3 N–H and O–H groups in total. The van der Waals surface area contributed by atoms with Crippen molar-refractivity contribution in [3.8, 4) is 11.5 Å². The normalized spacial score (nSPS) is 12.6. The summed E-state index contributed by atoms with van der Waals surface area (Å²) in [6.45, 7) is 0. The molecule has 0 spiro atoms. The van der Waals surface area contributed by atoms with Crippen LogP contribution in [0.1, 0.15) is 0 Å². The van der Waals surface area contributed by atoms with Crippen LogP contribution in [0.15, 0.2) is 47.4 Å². The van der Waals surface area contributed by atoms with E-state index in [2.05, 4.69) is 0 Å². The van der Waals surface area contributed by atoms with E-state index in [0.717, 1.165) is 5.39 Å². The summed E-state index contributed by atoms with van der Waals surface area (Å²) in [5, 5.41) is 23.3. The Labute approximate surface area is 125 Å². The smallest absolute Gasteiger partial charge is 0.295 e. The summed E-state index contributed by atoms with van der Waals surface area (Å²) in [5.41, 5.74) is 0. The molecule has 4 rings (SSSR count). The molecule has 0 radical (unpaired) electrons. The molecular formula is C16H10O5S. The van der Waals surface area contributed by atoms with E-state index in [1.54, 1.807) is 30.3 Å². The van der Waals surface area contributed by atoms with Gasteiger partial charge in [-0.1, -0.05) is 18.2 Å². The van der Waals surface area contributed by atoms with Crippen molar-refractivity contribution in [3.63, 3.8) is 0 Å². The minimum atomic E-state index is -4.37. The van der Waals surface area contributed by atoms with Gasteiger partial charge in [0.25, 0.3) is 10.1 Å². The first-order valence-corrected chi connectivity index (χ1v) is 7.92. The number of aromatic hydroxyl groups is 2. The Morgan fingerprint density at radius 3 is 1.91 bits per heavy atom. The summed E-state index contributed by atoms with van der Waals surface area (Å²) < 4.78 is 32.5. The maximum absolute atomic E-state index is 11.6. The Hall–Kier alpha value is -2.57. The first kappa shape index (κ1) is 13.1. The van der Waals surface area contributed by atoms with Gasteiger partial charge in [0.1, 0.15) is 16.4 Å². The Kier molecular flexibility index (Phi) is 2.38. The van der Waals surface area contributed by atoms with Crippen LogP contribution in [0.5, 0.6) is 11.5 Å². The van der Waals surface area contributed by atoms with E-state index in [0.29, 0.717) is 26.9 Å². The number of hydrogen-bond acceptors (Lipinski definition) is 4. The van der Waals surface area contributed by atoms with Crippen molar-refractivity contribution >= 4 is 42.4 Å². The topological polar surface area (TPSA) is 94.8 Å². The molecule has 0 heterocycles. The molecular weight excluding hydrogens is 304 g/mol. The second kappa shape index (κ2) is 4.00. The average Bonchev–Trinajstić information content (AvgIpc) is 2.45. The van der Waals surface area contributed by atoms with Crippen LogP contribution in [-0.2, 0) is 10.1 Å². The molecule has 0 unspecified atom stereocenters. The number of phenols is 2. The number of benzene rings is 4. The molecule has 0 aliphatic carbocycles. The van der Waals surface area contributed by atoms with Gasteiger partial charge in [0.2, 0.25) is 0 Å². The van der Waals surface area contributed by atoms with Gasteiger partial charge in [-0.15, -0.1) is 0 Å². The average molecular weight is 314 g/mol. The first-order chi connectivity index (χ1) is 10.4. The second-order valence-corrected chi connectivity index (χ2v) is 6.59. The van der Waals surface area contributed by atoms with E-state index < -0.39 is 10.1 Å². The molecule has 0 amide bonds. The van der Waals surface area contributed by atoms with E-state index in [-0.39, 0.29) is 16.4 Å². The molecule has 4 aromatic rings. The molecule has 0 saturated heterocycles. The fraction of sp³-hybridized carbons (Fsp3) is 0. The zero-order valence-corrected chi connectivity index (χ0v) is 11.9. The minimum absolute atomic E-state index is 0.0864. The molecule has 0 atom stereocenters. The van der Waals surface area contributed by atoms with E-state index in [1.165, 1.54) is 12.1 Å². The summed E-state index contributed by atoms with van der Waals surface area (Å²) in [6, 6.07) is 10.8. The lowest BCUT2D eigenvalue weighted by atomic mass is 9.93. The molecule has 5 nitrogen and oxygen atoms in total. The van der Waals surface area contributed by atoms with Crippen LogP contribution in [0, 0.1) is 0 Å². The highest BCUT2D eigenvalue weighted by Gasteiger charge is 2.19. The van der Waals surface area contributed by atoms with Crippen LogP contribution in [0.25, 0.3) is 32.3 Å². The van der Waals surface area contributed by atoms with Crippen LogP contribution in [-0.4, -0.2) is 23.2 Å². The lowest BCUT2D eigenvalue weighted by molar-refractivity contribution is 0.458. The van der Waals surface area contributed by atoms with Gasteiger partial charge < -0.3 is 10.2 Å². The molecule has 6 heteroatoms. The van der Waals surface area contributed by atoms with Gasteiger partial charge in [-0.2, -0.15) is 8.42 Å². The molecule has 110 valence electrons. The third kappa shape index (κ3) is 1.59. The predicted molar refractivity (Wildman–Crippen MR) is 83.3 cm³/mol. The number of hydrogen-bond donors (Lipinski definition) is 3. The van der Waals surface area contributed by atoms with Crippen molar-refractivity contribution in [3.05, 3.63) is 42.5 Å². The van der Waals surface area contributed by atoms with Gasteiger partial charge in [0.15, 0.2) is 0 Å². The monoisotopic (exact) mass is 314 g/mol. The summed E-state index contributed by atoms with van der Waals surface area (Å²) in [7, 11) is -4.37. The Morgan fingerprint density at radius 1 is 0.727 bits per heavy atom. The summed E-state index contributed by atoms with van der Waals surface area (Å²) in [5.74, 6) is -0.173. The van der Waals surface area contributed by atoms with Crippen LogP contribution in [0.2, 0.25) is 0 Å². The van der Waals surface area contributed by atoms with Crippen molar-refractivity contribution in [2.75, 3.05) is 0 Å². The highest BCUT2D eigenvalue weighted by Crippen LogP contribution is 2.43. The summed E-state index contributed by atoms with van der Waals surface area (Å²) in [4.78, 5) is -0.197. The van der Waals surface area contributed by atoms with E-state index in [4.69, 9.17) is 0 Å². The molecule has 0 aliphatic rings. The van der Waals surface area contributed by atoms with Crippen LogP contribution in [0.3, 0.4) is 0 Å². The third-order valence-corrected chi connectivity index (χ3v) is 4.89. The van der Waals surface area contributed by atoms with Crippen molar-refractivity contribution in [2.24, 2.45) is 0 Å². The van der Waals surface area contributed by atoms with Crippen molar-refractivity contribution in [1.82, 2.24) is 0 Å². The highest BCUT2D eigenvalue weighted by atomic mass is 32.2.